The van der Waals surface area contributed by atoms with Gasteiger partial charge in [0.25, 0.3) is 0 Å². The quantitative estimate of drug-likeness (QED) is 0.750. The molecule has 0 aromatic carbocycles. The third-order valence-corrected chi connectivity index (χ3v) is 4.10. The molecule has 0 saturated carbocycles. The summed E-state index contributed by atoms with van der Waals surface area (Å²) < 4.78 is 24.3. The highest BCUT2D eigenvalue weighted by atomic mass is 32.2. The zero-order chi connectivity index (χ0) is 13.2. The van der Waals surface area contributed by atoms with Crippen molar-refractivity contribution in [2.45, 2.75) is 34.6 Å². The summed E-state index contributed by atoms with van der Waals surface area (Å²) in [5, 5.41) is 0. The zero-order valence-electron chi connectivity index (χ0n) is 11.7. The standard InChI is InChI=1S/C7H16N2O2S.2C2H6/c1-3-12(10,11)9-6-4-8(2)5-7-9;2*1-2/h3-7H2,1-2H3;2*1-2H3. The molecule has 0 aromatic rings. The van der Waals surface area contributed by atoms with E-state index < -0.39 is 10.0 Å². The minimum atomic E-state index is -2.94. The fourth-order valence-corrected chi connectivity index (χ4v) is 2.33. The summed E-state index contributed by atoms with van der Waals surface area (Å²) in [4.78, 5) is 2.14. The third kappa shape index (κ3) is 6.45. The van der Waals surface area contributed by atoms with Crippen molar-refractivity contribution in [1.82, 2.24) is 9.21 Å². The maximum absolute atomic E-state index is 11.4. The van der Waals surface area contributed by atoms with E-state index in [0.717, 1.165) is 13.1 Å². The molecule has 16 heavy (non-hydrogen) atoms. The van der Waals surface area contributed by atoms with Crippen LogP contribution in [-0.2, 0) is 10.0 Å². The largest absolute Gasteiger partial charge is 0.304 e. The van der Waals surface area contributed by atoms with E-state index in [1.807, 2.05) is 34.7 Å². The van der Waals surface area contributed by atoms with Crippen molar-refractivity contribution in [2.24, 2.45) is 0 Å². The van der Waals surface area contributed by atoms with Crippen molar-refractivity contribution in [2.75, 3.05) is 39.0 Å². The lowest BCUT2D eigenvalue weighted by Crippen LogP contribution is -2.47. The molecule has 1 aliphatic rings. The molecule has 0 unspecified atom stereocenters. The molecule has 1 heterocycles. The molecule has 0 spiro atoms. The molecule has 1 rings (SSSR count). The Morgan fingerprint density at radius 2 is 1.31 bits per heavy atom. The van der Waals surface area contributed by atoms with Gasteiger partial charge < -0.3 is 4.90 Å². The first-order valence-corrected chi connectivity index (χ1v) is 7.83. The SMILES string of the molecule is CC.CC.CCS(=O)(=O)N1CCN(C)CC1. The van der Waals surface area contributed by atoms with Crippen molar-refractivity contribution >= 4 is 10.0 Å². The summed E-state index contributed by atoms with van der Waals surface area (Å²) >= 11 is 0. The van der Waals surface area contributed by atoms with Gasteiger partial charge in [-0.15, -0.1) is 0 Å². The number of nitrogens with zero attached hydrogens (tertiary/aromatic N) is 2. The fourth-order valence-electron chi connectivity index (χ4n) is 1.25. The number of rotatable bonds is 2. The molecule has 1 fully saturated rings. The van der Waals surface area contributed by atoms with E-state index in [0.29, 0.717) is 13.1 Å². The van der Waals surface area contributed by atoms with E-state index in [4.69, 9.17) is 0 Å². The first-order chi connectivity index (χ1) is 7.56. The zero-order valence-corrected chi connectivity index (χ0v) is 12.5. The normalized spacial score (nSPS) is 17.9. The molecule has 1 saturated heterocycles. The molecular weight excluding hydrogens is 224 g/mol. The van der Waals surface area contributed by atoms with Gasteiger partial charge in [0.15, 0.2) is 0 Å². The molecule has 0 aliphatic carbocycles. The van der Waals surface area contributed by atoms with Crippen LogP contribution in [0, 0.1) is 0 Å². The smallest absolute Gasteiger partial charge is 0.213 e. The number of piperazine rings is 1. The second-order valence-corrected chi connectivity index (χ2v) is 5.36. The lowest BCUT2D eigenvalue weighted by Gasteiger charge is -2.31. The molecule has 4 nitrogen and oxygen atoms in total. The van der Waals surface area contributed by atoms with Gasteiger partial charge in [-0.25, -0.2) is 8.42 Å². The lowest BCUT2D eigenvalue weighted by molar-refractivity contribution is 0.222. The van der Waals surface area contributed by atoms with E-state index in [2.05, 4.69) is 4.90 Å². The van der Waals surface area contributed by atoms with Crippen LogP contribution in [0.3, 0.4) is 0 Å². The van der Waals surface area contributed by atoms with Crippen LogP contribution in [-0.4, -0.2) is 56.6 Å². The highest BCUT2D eigenvalue weighted by molar-refractivity contribution is 7.89. The Balaban J connectivity index is 0. The second kappa shape index (κ2) is 10.1. The minimum Gasteiger partial charge on any atom is -0.304 e. The van der Waals surface area contributed by atoms with Crippen LogP contribution >= 0.6 is 0 Å². The molecular formula is C11H28N2O2S. The molecule has 100 valence electrons. The van der Waals surface area contributed by atoms with Gasteiger partial charge in [-0.05, 0) is 14.0 Å². The highest BCUT2D eigenvalue weighted by Gasteiger charge is 2.23. The number of hydrogen-bond acceptors (Lipinski definition) is 3. The lowest BCUT2D eigenvalue weighted by atomic mass is 10.4. The van der Waals surface area contributed by atoms with E-state index in [-0.39, 0.29) is 5.75 Å². The van der Waals surface area contributed by atoms with Crippen LogP contribution in [0.25, 0.3) is 0 Å². The van der Waals surface area contributed by atoms with Crippen molar-refractivity contribution in [3.63, 3.8) is 0 Å². The topological polar surface area (TPSA) is 40.6 Å². The molecule has 0 atom stereocenters. The van der Waals surface area contributed by atoms with Gasteiger partial charge in [-0.2, -0.15) is 4.31 Å². The van der Waals surface area contributed by atoms with Crippen molar-refractivity contribution in [3.05, 3.63) is 0 Å². The predicted molar refractivity (Wildman–Crippen MR) is 71.2 cm³/mol. The van der Waals surface area contributed by atoms with Crippen molar-refractivity contribution in [1.29, 1.82) is 0 Å². The van der Waals surface area contributed by atoms with Gasteiger partial charge in [0.05, 0.1) is 5.75 Å². The second-order valence-electron chi connectivity index (χ2n) is 3.10. The number of likely N-dealkylation sites (N-methyl/N-ethyl adjacent to an activating group) is 1. The Morgan fingerprint density at radius 3 is 1.62 bits per heavy atom. The molecule has 0 bridgehead atoms. The molecule has 5 heteroatoms. The Labute approximate surface area is 102 Å². The van der Waals surface area contributed by atoms with Crippen LogP contribution in [0.1, 0.15) is 34.6 Å². The van der Waals surface area contributed by atoms with E-state index in [1.165, 1.54) is 0 Å². The van der Waals surface area contributed by atoms with Crippen LogP contribution in [0.4, 0.5) is 0 Å². The fraction of sp³-hybridized carbons (Fsp3) is 1.00. The summed E-state index contributed by atoms with van der Waals surface area (Å²) in [6.07, 6.45) is 0. The Bertz CT molecular complexity index is 232. The third-order valence-electron chi connectivity index (χ3n) is 2.22. The molecule has 0 aromatic heterocycles. The molecule has 0 radical (unpaired) electrons. The van der Waals surface area contributed by atoms with Gasteiger partial charge in [0, 0.05) is 26.2 Å². The summed E-state index contributed by atoms with van der Waals surface area (Å²) in [6, 6.07) is 0. The Hall–Kier alpha value is -0.130. The van der Waals surface area contributed by atoms with E-state index in [9.17, 15) is 8.42 Å². The Kier molecular flexibility index (Phi) is 11.5. The highest BCUT2D eigenvalue weighted by Crippen LogP contribution is 2.05. The summed E-state index contributed by atoms with van der Waals surface area (Å²) in [5.74, 6) is 0.219. The van der Waals surface area contributed by atoms with Crippen LogP contribution in [0.5, 0.6) is 0 Å². The first-order valence-electron chi connectivity index (χ1n) is 6.22. The average Bonchev–Trinajstić information content (AvgIpc) is 2.35. The maximum atomic E-state index is 11.4. The van der Waals surface area contributed by atoms with Gasteiger partial charge in [-0.1, -0.05) is 27.7 Å². The number of hydrogen-bond donors (Lipinski definition) is 0. The summed E-state index contributed by atoms with van der Waals surface area (Å²) in [6.45, 7) is 12.7. The number of sulfonamides is 1. The minimum absolute atomic E-state index is 0.219. The van der Waals surface area contributed by atoms with Crippen LogP contribution < -0.4 is 0 Å². The Morgan fingerprint density at radius 1 is 0.938 bits per heavy atom. The monoisotopic (exact) mass is 252 g/mol. The van der Waals surface area contributed by atoms with Gasteiger partial charge >= 0.3 is 0 Å². The van der Waals surface area contributed by atoms with Crippen LogP contribution in [0.2, 0.25) is 0 Å². The van der Waals surface area contributed by atoms with Crippen molar-refractivity contribution < 1.29 is 8.42 Å². The summed E-state index contributed by atoms with van der Waals surface area (Å²) in [5.41, 5.74) is 0. The van der Waals surface area contributed by atoms with Crippen molar-refractivity contribution in [3.8, 4) is 0 Å². The van der Waals surface area contributed by atoms with E-state index >= 15 is 0 Å². The molecule has 1 aliphatic heterocycles. The van der Waals surface area contributed by atoms with E-state index in [1.54, 1.807) is 11.2 Å². The first kappa shape index (κ1) is 18.2. The van der Waals surface area contributed by atoms with Gasteiger partial charge in [0.2, 0.25) is 10.0 Å². The van der Waals surface area contributed by atoms with Gasteiger partial charge in [0.1, 0.15) is 0 Å². The molecule has 0 N–H and O–H groups in total. The predicted octanol–water partition coefficient (Wildman–Crippen LogP) is 1.64. The maximum Gasteiger partial charge on any atom is 0.213 e. The van der Waals surface area contributed by atoms with Crippen LogP contribution in [0.15, 0.2) is 0 Å². The molecule has 0 amide bonds. The summed E-state index contributed by atoms with van der Waals surface area (Å²) in [7, 11) is -0.928. The average molecular weight is 252 g/mol. The van der Waals surface area contributed by atoms with Gasteiger partial charge in [-0.3, -0.25) is 0 Å².